The van der Waals surface area contributed by atoms with E-state index < -0.39 is 7.94 Å². The third-order valence-corrected chi connectivity index (χ3v) is 8.72. The maximum absolute atomic E-state index is 2.44. The summed E-state index contributed by atoms with van der Waals surface area (Å²) in [5, 5.41) is 4.31. The molecular weight excluding hydrogens is 267 g/mol. The molecule has 0 saturated heterocycles. The molecule has 0 aliphatic rings. The average Bonchev–Trinajstić information content (AvgIpc) is 2.59. The van der Waals surface area contributed by atoms with Crippen molar-refractivity contribution in [3.63, 3.8) is 0 Å². The van der Waals surface area contributed by atoms with Gasteiger partial charge in [0.25, 0.3) is 0 Å². The Balaban J connectivity index is 2.29. The van der Waals surface area contributed by atoms with Crippen LogP contribution in [0.4, 0.5) is 0 Å². The van der Waals surface area contributed by atoms with Gasteiger partial charge in [-0.3, -0.25) is 0 Å². The molecule has 0 atom stereocenters. The Morgan fingerprint density at radius 2 is 0.810 bits per heavy atom. The molecule has 0 heterocycles. The first kappa shape index (κ1) is 13.9. The SMILES string of the molecule is C[B][Si](c1ccccc1)(c1ccccc1)c1ccccc1. The van der Waals surface area contributed by atoms with Gasteiger partial charge in [0.05, 0.1) is 0 Å². The van der Waals surface area contributed by atoms with Gasteiger partial charge in [-0.1, -0.05) is 113 Å². The molecule has 3 aromatic rings. The van der Waals surface area contributed by atoms with Crippen molar-refractivity contribution in [2.24, 2.45) is 0 Å². The Kier molecular flexibility index (Phi) is 4.07. The van der Waals surface area contributed by atoms with Crippen LogP contribution in [-0.2, 0) is 0 Å². The summed E-state index contributed by atoms with van der Waals surface area (Å²) in [6, 6.07) is 32.8. The predicted molar refractivity (Wildman–Crippen MR) is 95.6 cm³/mol. The molecule has 2 heteroatoms. The molecule has 0 aliphatic heterocycles. The maximum Gasteiger partial charge on any atom is 0.117 e. The van der Waals surface area contributed by atoms with Crippen LogP contribution in [0.25, 0.3) is 0 Å². The molecule has 0 N–H and O–H groups in total. The predicted octanol–water partition coefficient (Wildman–Crippen LogP) is 2.41. The lowest BCUT2D eigenvalue weighted by atomic mass is 10.2. The van der Waals surface area contributed by atoms with Crippen LogP contribution in [0.5, 0.6) is 0 Å². The maximum atomic E-state index is 2.44. The van der Waals surface area contributed by atoms with Crippen molar-refractivity contribution in [1.82, 2.24) is 0 Å². The molecule has 21 heavy (non-hydrogen) atoms. The Morgan fingerprint density at radius 1 is 0.524 bits per heavy atom. The minimum Gasteiger partial charge on any atom is -0.0930 e. The van der Waals surface area contributed by atoms with Gasteiger partial charge in [-0.05, 0) is 0 Å². The molecular formula is C19H18BSi. The van der Waals surface area contributed by atoms with E-state index in [-0.39, 0.29) is 0 Å². The van der Waals surface area contributed by atoms with Crippen LogP contribution in [-0.4, -0.2) is 14.8 Å². The van der Waals surface area contributed by atoms with E-state index in [0.29, 0.717) is 0 Å². The lowest BCUT2D eigenvalue weighted by molar-refractivity contribution is 1.70. The summed E-state index contributed by atoms with van der Waals surface area (Å²) in [6.45, 7) is 4.65. The van der Waals surface area contributed by atoms with E-state index in [1.165, 1.54) is 15.6 Å². The van der Waals surface area contributed by atoms with Crippen LogP contribution in [0, 0.1) is 0 Å². The highest BCUT2D eigenvalue weighted by molar-refractivity contribution is 7.43. The van der Waals surface area contributed by atoms with E-state index in [1.807, 2.05) is 0 Å². The van der Waals surface area contributed by atoms with Gasteiger partial charge in [-0.25, -0.2) is 0 Å². The highest BCUT2D eigenvalue weighted by atomic mass is 28.3. The van der Waals surface area contributed by atoms with E-state index in [4.69, 9.17) is 0 Å². The monoisotopic (exact) mass is 285 g/mol. The molecule has 0 unspecified atom stereocenters. The minimum atomic E-state index is -2.02. The van der Waals surface area contributed by atoms with Gasteiger partial charge in [0.1, 0.15) is 14.8 Å². The number of hydrogen-bond acceptors (Lipinski definition) is 0. The van der Waals surface area contributed by atoms with Crippen molar-refractivity contribution in [3.05, 3.63) is 91.0 Å². The fourth-order valence-corrected chi connectivity index (χ4v) is 7.26. The third kappa shape index (κ3) is 2.47. The van der Waals surface area contributed by atoms with Gasteiger partial charge in [-0.2, -0.15) is 0 Å². The summed E-state index contributed by atoms with van der Waals surface area (Å²) in [5.74, 6) is 0. The van der Waals surface area contributed by atoms with Gasteiger partial charge in [0.2, 0.25) is 0 Å². The lowest BCUT2D eigenvalue weighted by Gasteiger charge is -2.32. The summed E-state index contributed by atoms with van der Waals surface area (Å²) >= 11 is 0. The zero-order chi connectivity index (χ0) is 14.5. The first-order valence-electron chi connectivity index (χ1n) is 7.35. The Hall–Kier alpha value is -2.06. The van der Waals surface area contributed by atoms with E-state index in [0.717, 1.165) is 0 Å². The molecule has 101 valence electrons. The van der Waals surface area contributed by atoms with Crippen molar-refractivity contribution >= 4 is 30.4 Å². The highest BCUT2D eigenvalue weighted by Gasteiger charge is 2.36. The molecule has 0 fully saturated rings. The van der Waals surface area contributed by atoms with Gasteiger partial charge >= 0.3 is 0 Å². The average molecular weight is 285 g/mol. The molecule has 0 nitrogen and oxygen atoms in total. The fraction of sp³-hybridized carbons (Fsp3) is 0.0526. The van der Waals surface area contributed by atoms with E-state index >= 15 is 0 Å². The van der Waals surface area contributed by atoms with Crippen molar-refractivity contribution < 1.29 is 0 Å². The first-order valence-corrected chi connectivity index (χ1v) is 9.43. The lowest BCUT2D eigenvalue weighted by Crippen LogP contribution is -2.71. The Labute approximate surface area is 128 Å². The second kappa shape index (κ2) is 6.15. The summed E-state index contributed by atoms with van der Waals surface area (Å²) in [5.41, 5.74) is 0. The third-order valence-electron chi connectivity index (χ3n) is 4.12. The zero-order valence-electron chi connectivity index (χ0n) is 12.2. The molecule has 0 amide bonds. The summed E-state index contributed by atoms with van der Waals surface area (Å²) in [7, 11) is -2.02. The smallest absolute Gasteiger partial charge is 0.0930 e. The van der Waals surface area contributed by atoms with Gasteiger partial charge < -0.3 is 0 Å². The first-order chi connectivity index (χ1) is 10.4. The van der Waals surface area contributed by atoms with Crippen molar-refractivity contribution in [2.45, 2.75) is 6.82 Å². The molecule has 0 saturated carbocycles. The van der Waals surface area contributed by atoms with Crippen LogP contribution in [0.2, 0.25) is 6.82 Å². The van der Waals surface area contributed by atoms with Crippen LogP contribution in [0.3, 0.4) is 0 Å². The van der Waals surface area contributed by atoms with E-state index in [2.05, 4.69) is 105 Å². The largest absolute Gasteiger partial charge is 0.117 e. The quantitative estimate of drug-likeness (QED) is 0.510. The molecule has 0 aromatic heterocycles. The molecule has 0 aliphatic carbocycles. The van der Waals surface area contributed by atoms with Crippen LogP contribution in [0.15, 0.2) is 91.0 Å². The van der Waals surface area contributed by atoms with Gasteiger partial charge in [0, 0.05) is 0 Å². The van der Waals surface area contributed by atoms with Crippen LogP contribution >= 0.6 is 0 Å². The number of rotatable bonds is 4. The van der Waals surface area contributed by atoms with Crippen LogP contribution in [0.1, 0.15) is 0 Å². The molecule has 1 radical (unpaired) electrons. The fourth-order valence-electron chi connectivity index (χ4n) is 3.10. The summed E-state index contributed by atoms with van der Waals surface area (Å²) < 4.78 is 0. The van der Waals surface area contributed by atoms with Gasteiger partial charge in [-0.15, -0.1) is 0 Å². The minimum absolute atomic E-state index is 1.44. The number of benzene rings is 3. The Bertz CT molecular complexity index is 584. The number of hydrogen-bond donors (Lipinski definition) is 0. The topological polar surface area (TPSA) is 0 Å². The van der Waals surface area contributed by atoms with Gasteiger partial charge in [0.15, 0.2) is 0 Å². The van der Waals surface area contributed by atoms with E-state index in [1.54, 1.807) is 0 Å². The van der Waals surface area contributed by atoms with E-state index in [9.17, 15) is 0 Å². The van der Waals surface area contributed by atoms with Crippen molar-refractivity contribution in [3.8, 4) is 0 Å². The zero-order valence-corrected chi connectivity index (χ0v) is 13.2. The Morgan fingerprint density at radius 3 is 1.05 bits per heavy atom. The van der Waals surface area contributed by atoms with Crippen molar-refractivity contribution in [1.29, 1.82) is 0 Å². The normalized spacial score (nSPS) is 11.1. The summed E-state index contributed by atoms with van der Waals surface area (Å²) in [4.78, 5) is 0. The second-order valence-corrected chi connectivity index (χ2v) is 9.12. The second-order valence-electron chi connectivity index (χ2n) is 5.19. The highest BCUT2D eigenvalue weighted by Crippen LogP contribution is 2.06. The molecule has 3 rings (SSSR count). The molecule has 0 bridgehead atoms. The van der Waals surface area contributed by atoms with Crippen molar-refractivity contribution in [2.75, 3.05) is 0 Å². The summed E-state index contributed by atoms with van der Waals surface area (Å²) in [6.07, 6.45) is 0. The molecule has 0 spiro atoms. The molecule has 3 aromatic carbocycles. The van der Waals surface area contributed by atoms with Crippen LogP contribution < -0.4 is 15.6 Å². The standard InChI is InChI=1S/C19H18BSi/c1-20-21(17-11-5-2-6-12-17,18-13-7-3-8-14-18)19-15-9-4-10-16-19/h2-16H,1H3.